The topological polar surface area (TPSA) is 130 Å². The minimum atomic E-state index is -0.872. The average molecular weight is 512 g/mol. The molecule has 0 bridgehead atoms. The number of nitrogens with one attached hydrogen (secondary N) is 2. The highest BCUT2D eigenvalue weighted by Gasteiger charge is 2.35. The highest BCUT2D eigenvalue weighted by atomic mass is 19.1. The molecular weight excluding hydrogens is 481 g/mol. The lowest BCUT2D eigenvalue weighted by Crippen LogP contribution is -2.43. The van der Waals surface area contributed by atoms with Crippen LogP contribution < -0.4 is 14.8 Å². The second-order valence-electron chi connectivity index (χ2n) is 9.61. The summed E-state index contributed by atoms with van der Waals surface area (Å²) in [6.07, 6.45) is 2.97. The molecule has 3 N–H and O–H groups in total. The number of β-amino-alcohol motifs (C(OH)–C–C–N with tert-alkyl or cyclic N) is 1. The molecule has 1 aromatic carbocycles. The first-order valence-corrected chi connectivity index (χ1v) is 12.4. The predicted octanol–water partition coefficient (Wildman–Crippen LogP) is 2.58. The number of aromatic amines is 1. The van der Waals surface area contributed by atoms with Crippen molar-refractivity contribution in [2.24, 2.45) is 5.92 Å². The summed E-state index contributed by atoms with van der Waals surface area (Å²) in [5.74, 6) is -0.110. The highest BCUT2D eigenvalue weighted by Crippen LogP contribution is 2.39. The summed E-state index contributed by atoms with van der Waals surface area (Å²) in [5, 5.41) is 13.3. The number of fused-ring (bicyclic) bond motifs is 1. The second-order valence-corrected chi connectivity index (χ2v) is 9.61. The van der Waals surface area contributed by atoms with Crippen molar-refractivity contribution in [2.45, 2.75) is 45.3 Å². The van der Waals surface area contributed by atoms with Crippen molar-refractivity contribution in [2.75, 3.05) is 26.8 Å². The van der Waals surface area contributed by atoms with Crippen molar-refractivity contribution < 1.29 is 28.6 Å². The zero-order valence-corrected chi connectivity index (χ0v) is 21.0. The second kappa shape index (κ2) is 9.97. The molecule has 11 heteroatoms. The van der Waals surface area contributed by atoms with E-state index in [1.54, 1.807) is 18.7 Å². The number of hydrogen-bond donors (Lipinski definition) is 3. The number of aliphatic hydroxyl groups excluding tert-OH is 1. The summed E-state index contributed by atoms with van der Waals surface area (Å²) < 4.78 is 25.9. The number of ether oxygens (including phenoxy) is 2. The van der Waals surface area contributed by atoms with Gasteiger partial charge >= 0.3 is 0 Å². The number of likely N-dealkylation sites (tertiary alicyclic amines) is 1. The van der Waals surface area contributed by atoms with E-state index < -0.39 is 23.9 Å². The number of aryl methyl sites for hydroxylation is 1. The molecule has 2 aliphatic rings. The van der Waals surface area contributed by atoms with E-state index in [0.717, 1.165) is 12.8 Å². The van der Waals surface area contributed by atoms with E-state index in [9.17, 15) is 19.1 Å². The van der Waals surface area contributed by atoms with E-state index in [1.807, 2.05) is 0 Å². The SMILES string of the molecule is CCC(=O)N1C[C@H](O)[C@H](NC(=O)c2c(C)[nH]c3c(-c4cc(F)c(OC)cc4OCC4CC4)ncnc23)C1. The zero-order chi connectivity index (χ0) is 26.3. The lowest BCUT2D eigenvalue weighted by molar-refractivity contribution is -0.130. The Morgan fingerprint density at radius 3 is 2.73 bits per heavy atom. The van der Waals surface area contributed by atoms with E-state index >= 15 is 0 Å². The minimum Gasteiger partial charge on any atom is -0.494 e. The van der Waals surface area contributed by atoms with Gasteiger partial charge in [0.25, 0.3) is 5.91 Å². The molecule has 1 aliphatic heterocycles. The van der Waals surface area contributed by atoms with Crippen LogP contribution in [-0.4, -0.2) is 75.7 Å². The number of methoxy groups -OCH3 is 1. The number of aromatic nitrogens is 3. The third-order valence-electron chi connectivity index (χ3n) is 6.94. The van der Waals surface area contributed by atoms with Crippen molar-refractivity contribution in [3.8, 4) is 22.8 Å². The van der Waals surface area contributed by atoms with Gasteiger partial charge in [0.2, 0.25) is 5.91 Å². The van der Waals surface area contributed by atoms with Gasteiger partial charge in [-0.1, -0.05) is 6.92 Å². The maximum absolute atomic E-state index is 14.8. The lowest BCUT2D eigenvalue weighted by atomic mass is 10.1. The maximum atomic E-state index is 14.8. The van der Waals surface area contributed by atoms with Gasteiger partial charge in [0.05, 0.1) is 36.9 Å². The molecule has 2 fully saturated rings. The first-order valence-electron chi connectivity index (χ1n) is 12.4. The Bertz CT molecular complexity index is 1350. The molecule has 1 saturated heterocycles. The van der Waals surface area contributed by atoms with Gasteiger partial charge in [0.1, 0.15) is 23.3 Å². The summed E-state index contributed by atoms with van der Waals surface area (Å²) in [6, 6.07) is 2.22. The van der Waals surface area contributed by atoms with E-state index in [2.05, 4.69) is 20.3 Å². The quantitative estimate of drug-likeness (QED) is 0.424. The van der Waals surface area contributed by atoms with Crippen LogP contribution in [0.3, 0.4) is 0 Å². The van der Waals surface area contributed by atoms with Crippen LogP contribution in [-0.2, 0) is 4.79 Å². The highest BCUT2D eigenvalue weighted by molar-refractivity contribution is 6.09. The van der Waals surface area contributed by atoms with Crippen molar-refractivity contribution in [1.29, 1.82) is 0 Å². The fourth-order valence-electron chi connectivity index (χ4n) is 4.69. The number of carbonyl (C=O) groups excluding carboxylic acids is 2. The normalized spacial score (nSPS) is 19.3. The van der Waals surface area contributed by atoms with Gasteiger partial charge < -0.3 is 29.8 Å². The van der Waals surface area contributed by atoms with Crippen LogP contribution in [0.15, 0.2) is 18.5 Å². The Kier molecular flexibility index (Phi) is 6.72. The number of halogens is 1. The van der Waals surface area contributed by atoms with Crippen molar-refractivity contribution >= 4 is 22.8 Å². The lowest BCUT2D eigenvalue weighted by Gasteiger charge is -2.16. The molecule has 1 saturated carbocycles. The number of rotatable bonds is 8. The Morgan fingerprint density at radius 1 is 1.24 bits per heavy atom. The molecule has 196 valence electrons. The molecule has 2 aromatic heterocycles. The molecular formula is C26H30FN5O5. The van der Waals surface area contributed by atoms with Gasteiger partial charge in [0, 0.05) is 36.8 Å². The van der Waals surface area contributed by atoms with Crippen LogP contribution in [0.2, 0.25) is 0 Å². The van der Waals surface area contributed by atoms with E-state index in [4.69, 9.17) is 9.47 Å². The van der Waals surface area contributed by atoms with E-state index in [1.165, 1.54) is 25.6 Å². The molecule has 10 nitrogen and oxygen atoms in total. The van der Waals surface area contributed by atoms with Crippen LogP contribution in [0.1, 0.15) is 42.2 Å². The molecule has 5 rings (SSSR count). The van der Waals surface area contributed by atoms with Gasteiger partial charge in [0.15, 0.2) is 11.6 Å². The molecule has 2 amide bonds. The third kappa shape index (κ3) is 4.83. The fraction of sp³-hybridized carbons (Fsp3) is 0.462. The number of nitrogens with zero attached hydrogens (tertiary/aromatic N) is 3. The van der Waals surface area contributed by atoms with E-state index in [0.29, 0.717) is 58.2 Å². The summed E-state index contributed by atoms with van der Waals surface area (Å²) in [7, 11) is 1.39. The number of amides is 2. The molecule has 3 aromatic rings. The molecule has 37 heavy (non-hydrogen) atoms. The van der Waals surface area contributed by atoms with Crippen molar-refractivity contribution in [1.82, 2.24) is 25.2 Å². The number of aliphatic hydroxyl groups is 1. The van der Waals surface area contributed by atoms with Gasteiger partial charge in [-0.25, -0.2) is 14.4 Å². The van der Waals surface area contributed by atoms with Crippen molar-refractivity contribution in [3.05, 3.63) is 35.5 Å². The first kappa shape index (κ1) is 24.9. The smallest absolute Gasteiger partial charge is 0.255 e. The average Bonchev–Trinajstić information content (AvgIpc) is 3.55. The van der Waals surface area contributed by atoms with Crippen molar-refractivity contribution in [3.63, 3.8) is 0 Å². The Hall–Kier alpha value is -3.73. The Balaban J connectivity index is 1.49. The molecule has 1 aliphatic carbocycles. The van der Waals surface area contributed by atoms with Crippen LogP contribution in [0.25, 0.3) is 22.3 Å². The minimum absolute atomic E-state index is 0.0632. The van der Waals surface area contributed by atoms with Gasteiger partial charge in [-0.05, 0) is 31.7 Å². The van der Waals surface area contributed by atoms with Crippen LogP contribution >= 0.6 is 0 Å². The van der Waals surface area contributed by atoms with Crippen LogP contribution in [0.5, 0.6) is 11.5 Å². The maximum Gasteiger partial charge on any atom is 0.255 e. The van der Waals surface area contributed by atoms with E-state index in [-0.39, 0.29) is 24.7 Å². The number of carbonyl (C=O) groups is 2. The molecule has 2 atom stereocenters. The summed E-state index contributed by atoms with van der Waals surface area (Å²) in [5.41, 5.74) is 2.46. The van der Waals surface area contributed by atoms with Gasteiger partial charge in [-0.3, -0.25) is 9.59 Å². The molecule has 0 radical (unpaired) electrons. The van der Waals surface area contributed by atoms with Gasteiger partial charge in [-0.2, -0.15) is 0 Å². The number of hydrogen-bond acceptors (Lipinski definition) is 7. The number of benzene rings is 1. The summed E-state index contributed by atoms with van der Waals surface area (Å²) in [4.78, 5) is 38.8. The molecule has 0 unspecified atom stereocenters. The largest absolute Gasteiger partial charge is 0.494 e. The number of H-pyrrole nitrogens is 1. The van der Waals surface area contributed by atoms with Gasteiger partial charge in [-0.15, -0.1) is 0 Å². The Morgan fingerprint density at radius 2 is 2.03 bits per heavy atom. The zero-order valence-electron chi connectivity index (χ0n) is 21.0. The fourth-order valence-corrected chi connectivity index (χ4v) is 4.69. The molecule has 0 spiro atoms. The standard InChI is InChI=1S/C26H30FN5O5/c1-4-21(34)32-9-17(18(33)10-32)31-26(35)22-13(2)30-25-23(28-12-29-24(22)25)15-7-16(27)20(36-3)8-19(15)37-11-14-5-6-14/h7-8,12,14,17-18,30,33H,4-6,9-11H2,1-3H3,(H,31,35)/t17-,18+/m1/s1. The summed E-state index contributed by atoms with van der Waals surface area (Å²) in [6.45, 7) is 4.40. The molecule has 3 heterocycles. The predicted molar refractivity (Wildman–Crippen MR) is 133 cm³/mol. The third-order valence-corrected chi connectivity index (χ3v) is 6.94. The van der Waals surface area contributed by atoms with Crippen LogP contribution in [0, 0.1) is 18.7 Å². The van der Waals surface area contributed by atoms with Crippen LogP contribution in [0.4, 0.5) is 4.39 Å². The Labute approximate surface area is 213 Å². The summed E-state index contributed by atoms with van der Waals surface area (Å²) >= 11 is 0. The first-order chi connectivity index (χ1) is 17.8. The monoisotopic (exact) mass is 511 g/mol.